The average molecular weight is 305 g/mol. The SMILES string of the molecule is CN(CCOS(=O)(=O)Cc1ccccc1)c1ccccc1. The van der Waals surface area contributed by atoms with E-state index in [1.807, 2.05) is 60.5 Å². The summed E-state index contributed by atoms with van der Waals surface area (Å²) < 4.78 is 28.8. The van der Waals surface area contributed by atoms with Gasteiger partial charge in [-0.05, 0) is 17.7 Å². The highest BCUT2D eigenvalue weighted by molar-refractivity contribution is 7.85. The summed E-state index contributed by atoms with van der Waals surface area (Å²) in [6, 6.07) is 18.8. The van der Waals surface area contributed by atoms with Crippen molar-refractivity contribution in [3.8, 4) is 0 Å². The van der Waals surface area contributed by atoms with E-state index in [0.717, 1.165) is 11.3 Å². The first kappa shape index (κ1) is 15.5. The minimum Gasteiger partial charge on any atom is -0.372 e. The van der Waals surface area contributed by atoms with Crippen LogP contribution in [0.5, 0.6) is 0 Å². The van der Waals surface area contributed by atoms with E-state index in [2.05, 4.69) is 0 Å². The second kappa shape index (κ2) is 7.24. The highest BCUT2D eigenvalue weighted by atomic mass is 32.2. The lowest BCUT2D eigenvalue weighted by molar-refractivity contribution is 0.325. The zero-order valence-electron chi connectivity index (χ0n) is 12.0. The van der Waals surface area contributed by atoms with Crippen LogP contribution < -0.4 is 4.90 Å². The fourth-order valence-electron chi connectivity index (χ4n) is 1.93. The van der Waals surface area contributed by atoms with E-state index in [9.17, 15) is 8.42 Å². The van der Waals surface area contributed by atoms with E-state index in [4.69, 9.17) is 4.18 Å². The van der Waals surface area contributed by atoms with E-state index >= 15 is 0 Å². The van der Waals surface area contributed by atoms with Crippen LogP contribution in [0.4, 0.5) is 5.69 Å². The monoisotopic (exact) mass is 305 g/mol. The Morgan fingerprint density at radius 1 is 0.952 bits per heavy atom. The molecule has 0 aromatic heterocycles. The fraction of sp³-hybridized carbons (Fsp3) is 0.250. The molecule has 0 aliphatic heterocycles. The number of benzene rings is 2. The molecule has 112 valence electrons. The van der Waals surface area contributed by atoms with Gasteiger partial charge in [-0.25, -0.2) is 0 Å². The van der Waals surface area contributed by atoms with Crippen molar-refractivity contribution in [3.05, 3.63) is 66.2 Å². The Labute approximate surface area is 126 Å². The van der Waals surface area contributed by atoms with Gasteiger partial charge in [0.15, 0.2) is 0 Å². The zero-order valence-corrected chi connectivity index (χ0v) is 12.8. The Hall–Kier alpha value is -1.85. The van der Waals surface area contributed by atoms with Gasteiger partial charge in [-0.2, -0.15) is 8.42 Å². The number of para-hydroxylation sites is 1. The van der Waals surface area contributed by atoms with Crippen LogP contribution >= 0.6 is 0 Å². The quantitative estimate of drug-likeness (QED) is 0.738. The summed E-state index contributed by atoms with van der Waals surface area (Å²) >= 11 is 0. The standard InChI is InChI=1S/C16H19NO3S/c1-17(16-10-6-3-7-11-16)12-13-20-21(18,19)14-15-8-4-2-5-9-15/h2-11H,12-14H2,1H3. The minimum atomic E-state index is -3.54. The molecule has 0 N–H and O–H groups in total. The van der Waals surface area contributed by atoms with Crippen molar-refractivity contribution in [1.29, 1.82) is 0 Å². The van der Waals surface area contributed by atoms with Crippen molar-refractivity contribution in [2.24, 2.45) is 0 Å². The van der Waals surface area contributed by atoms with Crippen molar-refractivity contribution in [2.75, 3.05) is 25.1 Å². The van der Waals surface area contributed by atoms with Crippen molar-refractivity contribution in [1.82, 2.24) is 0 Å². The average Bonchev–Trinajstić information content (AvgIpc) is 2.48. The molecule has 2 aromatic rings. The molecule has 0 unspecified atom stereocenters. The predicted octanol–water partition coefficient (Wildman–Crippen LogP) is 2.67. The van der Waals surface area contributed by atoms with Crippen LogP contribution in [-0.4, -0.2) is 28.6 Å². The van der Waals surface area contributed by atoms with E-state index in [-0.39, 0.29) is 12.4 Å². The largest absolute Gasteiger partial charge is 0.372 e. The summed E-state index contributed by atoms with van der Waals surface area (Å²) in [5, 5.41) is 0. The van der Waals surface area contributed by atoms with E-state index in [1.165, 1.54) is 0 Å². The molecule has 0 radical (unpaired) electrons. The molecule has 0 bridgehead atoms. The summed E-state index contributed by atoms with van der Waals surface area (Å²) in [7, 11) is -1.63. The topological polar surface area (TPSA) is 46.6 Å². The number of rotatable bonds is 7. The van der Waals surface area contributed by atoms with E-state index < -0.39 is 10.1 Å². The maximum absolute atomic E-state index is 11.9. The Bertz CT molecular complexity index is 642. The maximum Gasteiger partial charge on any atom is 0.271 e. The summed E-state index contributed by atoms with van der Waals surface area (Å²) in [5.41, 5.74) is 1.76. The molecule has 0 amide bonds. The first-order valence-electron chi connectivity index (χ1n) is 6.74. The van der Waals surface area contributed by atoms with Crippen LogP contribution in [-0.2, 0) is 20.1 Å². The normalized spacial score (nSPS) is 11.3. The number of nitrogens with zero attached hydrogens (tertiary/aromatic N) is 1. The third-order valence-corrected chi connectivity index (χ3v) is 4.29. The van der Waals surface area contributed by atoms with Gasteiger partial charge in [-0.15, -0.1) is 0 Å². The first-order chi connectivity index (χ1) is 10.1. The Morgan fingerprint density at radius 2 is 1.52 bits per heavy atom. The number of hydrogen-bond acceptors (Lipinski definition) is 4. The fourth-order valence-corrected chi connectivity index (χ4v) is 2.95. The molecule has 0 heterocycles. The Balaban J connectivity index is 1.82. The van der Waals surface area contributed by atoms with Gasteiger partial charge in [0, 0.05) is 19.3 Å². The molecule has 4 nitrogen and oxygen atoms in total. The van der Waals surface area contributed by atoms with Crippen molar-refractivity contribution in [3.63, 3.8) is 0 Å². The van der Waals surface area contributed by atoms with Crippen LogP contribution in [0.15, 0.2) is 60.7 Å². The minimum absolute atomic E-state index is 0.0944. The van der Waals surface area contributed by atoms with E-state index in [1.54, 1.807) is 12.1 Å². The maximum atomic E-state index is 11.9. The lowest BCUT2D eigenvalue weighted by atomic mass is 10.2. The predicted molar refractivity (Wildman–Crippen MR) is 84.7 cm³/mol. The number of likely N-dealkylation sites (N-methyl/N-ethyl adjacent to an activating group) is 1. The van der Waals surface area contributed by atoms with Crippen LogP contribution in [0.2, 0.25) is 0 Å². The van der Waals surface area contributed by atoms with Crippen LogP contribution in [0.25, 0.3) is 0 Å². The summed E-state index contributed by atoms with van der Waals surface area (Å²) in [6.45, 7) is 0.651. The molecular weight excluding hydrogens is 286 g/mol. The molecule has 0 saturated carbocycles. The summed E-state index contributed by atoms with van der Waals surface area (Å²) in [4.78, 5) is 1.96. The van der Waals surface area contributed by atoms with Gasteiger partial charge >= 0.3 is 0 Å². The van der Waals surface area contributed by atoms with Crippen molar-refractivity contribution < 1.29 is 12.6 Å². The highest BCUT2D eigenvalue weighted by Crippen LogP contribution is 2.11. The third-order valence-electron chi connectivity index (χ3n) is 3.07. The first-order valence-corrected chi connectivity index (χ1v) is 8.32. The van der Waals surface area contributed by atoms with Crippen molar-refractivity contribution >= 4 is 15.8 Å². The second-order valence-electron chi connectivity index (χ2n) is 4.77. The molecule has 21 heavy (non-hydrogen) atoms. The smallest absolute Gasteiger partial charge is 0.271 e. The molecule has 0 atom stereocenters. The Morgan fingerprint density at radius 3 is 2.14 bits per heavy atom. The lowest BCUT2D eigenvalue weighted by Gasteiger charge is -2.18. The molecule has 5 heteroatoms. The third kappa shape index (κ3) is 5.21. The molecule has 2 rings (SSSR count). The van der Waals surface area contributed by atoms with Gasteiger partial charge in [0.2, 0.25) is 0 Å². The number of anilines is 1. The molecule has 0 spiro atoms. The molecule has 0 fully saturated rings. The van der Waals surface area contributed by atoms with Gasteiger partial charge in [0.05, 0.1) is 6.61 Å². The van der Waals surface area contributed by atoms with E-state index in [0.29, 0.717) is 6.54 Å². The van der Waals surface area contributed by atoms with Crippen molar-refractivity contribution in [2.45, 2.75) is 5.75 Å². The highest BCUT2D eigenvalue weighted by Gasteiger charge is 2.12. The lowest BCUT2D eigenvalue weighted by Crippen LogP contribution is -2.24. The van der Waals surface area contributed by atoms with Gasteiger partial charge in [0.25, 0.3) is 10.1 Å². The zero-order chi connectivity index (χ0) is 15.1. The molecule has 0 aliphatic carbocycles. The van der Waals surface area contributed by atoms with Gasteiger partial charge in [-0.3, -0.25) is 4.18 Å². The Kier molecular flexibility index (Phi) is 5.36. The molecule has 0 aliphatic rings. The summed E-state index contributed by atoms with van der Waals surface area (Å²) in [5.74, 6) is -0.0944. The number of hydrogen-bond donors (Lipinski definition) is 0. The summed E-state index contributed by atoms with van der Waals surface area (Å²) in [6.07, 6.45) is 0. The van der Waals surface area contributed by atoms with Gasteiger partial charge in [-0.1, -0.05) is 48.5 Å². The van der Waals surface area contributed by atoms with Gasteiger partial charge in [0.1, 0.15) is 5.75 Å². The second-order valence-corrected chi connectivity index (χ2v) is 6.41. The molecule has 0 saturated heterocycles. The van der Waals surface area contributed by atoms with Crippen LogP contribution in [0.3, 0.4) is 0 Å². The van der Waals surface area contributed by atoms with Crippen LogP contribution in [0.1, 0.15) is 5.56 Å². The van der Waals surface area contributed by atoms with Crippen LogP contribution in [0, 0.1) is 0 Å². The van der Waals surface area contributed by atoms with Gasteiger partial charge < -0.3 is 4.90 Å². The molecular formula is C16H19NO3S. The molecule has 2 aromatic carbocycles.